The van der Waals surface area contributed by atoms with Crippen molar-refractivity contribution in [3.05, 3.63) is 18.2 Å². The molecule has 0 fully saturated rings. The van der Waals surface area contributed by atoms with Crippen LogP contribution in [0.5, 0.6) is 0 Å². The molecule has 0 unspecified atom stereocenters. The standard InChI is InChI=1S/2C12H28NSi.C12H27NSi.CH3.V/c3*1-10(2,3)14(13,11(4,5)6)12(7,8)9;;/h2*13H,1-9H3;1-9H3;1H3;/q2*-1;;-1;. The van der Waals surface area contributed by atoms with Crippen LogP contribution in [0.3, 0.4) is 0 Å². The Hall–Kier alpha value is 0.955. The molecule has 0 spiro atoms. The molecule has 269 valence electrons. The van der Waals surface area contributed by atoms with Crippen molar-refractivity contribution < 1.29 is 17.2 Å². The largest absolute Gasteiger partial charge is 0.358 e. The van der Waals surface area contributed by atoms with E-state index in [4.69, 9.17) is 14.3 Å². The molecule has 0 rings (SSSR count). The summed E-state index contributed by atoms with van der Waals surface area (Å²) in [6.45, 7) is 61.5. The molecule has 0 bridgehead atoms. The second-order valence-corrected chi connectivity index (χ2v) is 41.6. The van der Waals surface area contributed by atoms with Crippen LogP contribution in [0.2, 0.25) is 45.3 Å². The molecule has 0 amide bonds. The average Bonchev–Trinajstić information content (AvgIpc) is 2.59. The molecule has 0 saturated heterocycles. The third-order valence-corrected chi connectivity index (χ3v) is 31.9. The molecule has 3 nitrogen and oxygen atoms in total. The first-order valence-electron chi connectivity index (χ1n) is 16.7. The first kappa shape index (κ1) is 51.8. The molecule has 2 N–H and O–H groups in total. The van der Waals surface area contributed by atoms with Gasteiger partial charge < -0.3 is 18.2 Å². The summed E-state index contributed by atoms with van der Waals surface area (Å²) in [6.07, 6.45) is 0. The summed E-state index contributed by atoms with van der Waals surface area (Å²) in [4.78, 5) is 0. The van der Waals surface area contributed by atoms with Gasteiger partial charge in [0.1, 0.15) is 0 Å². The van der Waals surface area contributed by atoms with Crippen LogP contribution in [-0.4, -0.2) is 24.7 Å². The Morgan fingerprint density at radius 2 is 0.432 bits per heavy atom. The van der Waals surface area contributed by atoms with Crippen molar-refractivity contribution in [3.8, 4) is 0 Å². The van der Waals surface area contributed by atoms with Crippen molar-refractivity contribution in [1.29, 1.82) is 0 Å². The maximum absolute atomic E-state index is 9.01. The van der Waals surface area contributed by atoms with Crippen LogP contribution in [0.15, 0.2) is 3.46 Å². The second-order valence-electron chi connectivity index (χ2n) is 22.6. The smallest absolute Gasteiger partial charge is 0.358 e. The molecular formula is C37H86N3Si3V-3. The van der Waals surface area contributed by atoms with Crippen molar-refractivity contribution >= 4 is 24.7 Å². The topological polar surface area (TPSA) is 60.0 Å². The Labute approximate surface area is 294 Å². The zero-order valence-corrected chi connectivity index (χ0v) is 40.3. The number of nitrogens with zero attached hydrogens (tertiary/aromatic N) is 1. The number of rotatable bonds is 1. The summed E-state index contributed by atoms with van der Waals surface area (Å²) in [6, 6.07) is 0. The van der Waals surface area contributed by atoms with Gasteiger partial charge in [0, 0.05) is 0 Å². The van der Waals surface area contributed by atoms with Gasteiger partial charge in [-0.2, -0.15) is 0 Å². The van der Waals surface area contributed by atoms with Gasteiger partial charge in [-0.25, -0.2) is 0 Å². The van der Waals surface area contributed by atoms with Gasteiger partial charge in [-0.05, 0) is 16.5 Å². The normalized spacial score (nSPS) is 15.3. The maximum atomic E-state index is 9.01. The van der Waals surface area contributed by atoms with E-state index in [1.165, 1.54) is 0 Å². The van der Waals surface area contributed by atoms with E-state index < -0.39 is 24.7 Å². The number of nitrogens with one attached hydrogen (secondary N) is 2. The minimum absolute atomic E-state index is 0. The van der Waals surface area contributed by atoms with E-state index in [1.54, 1.807) is 0 Å². The first-order valence-corrected chi connectivity index (χ1v) is 23.2. The maximum Gasteiger partial charge on any atom is -0.358 e. The van der Waals surface area contributed by atoms with Crippen molar-refractivity contribution in [2.45, 2.75) is 232 Å². The molecule has 0 aromatic carbocycles. The van der Waals surface area contributed by atoms with Crippen molar-refractivity contribution in [2.75, 3.05) is 0 Å². The third-order valence-electron chi connectivity index (χ3n) is 10.2. The Balaban J connectivity index is -0.000000270. The van der Waals surface area contributed by atoms with Crippen LogP contribution in [0.1, 0.15) is 187 Å². The van der Waals surface area contributed by atoms with Crippen LogP contribution in [0.4, 0.5) is 0 Å². The second kappa shape index (κ2) is 14.8. The Morgan fingerprint density at radius 3 is 0.432 bits per heavy atom. The quantitative estimate of drug-likeness (QED) is 0.192. The van der Waals surface area contributed by atoms with E-state index in [9.17, 15) is 0 Å². The molecule has 44 heavy (non-hydrogen) atoms. The van der Waals surface area contributed by atoms with E-state index in [0.29, 0.717) is 0 Å². The predicted molar refractivity (Wildman–Crippen MR) is 212 cm³/mol. The molecule has 0 aromatic heterocycles. The van der Waals surface area contributed by atoms with Crippen LogP contribution in [-0.2, 0) is 17.2 Å². The molecular weight excluding hydrogens is 622 g/mol. The van der Waals surface area contributed by atoms with Crippen molar-refractivity contribution in [3.63, 3.8) is 0 Å². The molecule has 0 radical (unpaired) electrons. The molecule has 0 aromatic rings. The Kier molecular flexibility index (Phi) is 17.5. The van der Waals surface area contributed by atoms with Gasteiger partial charge in [-0.15, -0.1) is 0 Å². The van der Waals surface area contributed by atoms with Crippen LogP contribution in [0.25, 0.3) is 10.8 Å². The molecule has 0 aliphatic heterocycles. The monoisotopic (exact) mass is 708 g/mol. The Bertz CT molecular complexity index is 723. The summed E-state index contributed by atoms with van der Waals surface area (Å²) < 4.78 is 4.91. The van der Waals surface area contributed by atoms with Gasteiger partial charge >= 0.3 is 106 Å². The molecule has 0 atom stereocenters. The summed E-state index contributed by atoms with van der Waals surface area (Å²) in [7, 11) is -5.99. The van der Waals surface area contributed by atoms with E-state index in [1.807, 2.05) is 0 Å². The SMILES string of the molecule is CC(C)(C)[Si]([NH-])(C(C)(C)C)C(C)(C)C.CC(C)(C)[Si]([NH-])(C(C)(C)C)C(C)(C)C.CC(C)(C)[Si]([N]=[V])(C(C)(C)C)C(C)(C)C.[CH3-]. The van der Waals surface area contributed by atoms with Gasteiger partial charge in [0.15, 0.2) is 0 Å². The van der Waals surface area contributed by atoms with E-state index in [2.05, 4.69) is 204 Å². The van der Waals surface area contributed by atoms with Gasteiger partial charge in [-0.3, -0.25) is 0 Å². The number of hydrogen-bond acceptors (Lipinski definition) is 1. The molecule has 0 aliphatic rings. The predicted octanol–water partition coefficient (Wildman–Crippen LogP) is 16.3. The van der Waals surface area contributed by atoms with Gasteiger partial charge in [0.05, 0.1) is 0 Å². The van der Waals surface area contributed by atoms with Gasteiger partial charge in [-0.1, -0.05) is 155 Å². The molecule has 7 heteroatoms. The van der Waals surface area contributed by atoms with Gasteiger partial charge in [0.25, 0.3) is 0 Å². The fourth-order valence-electron chi connectivity index (χ4n) is 10.6. The zero-order valence-electron chi connectivity index (χ0n) is 35.9. The minimum atomic E-state index is -2.10. The van der Waals surface area contributed by atoms with Gasteiger partial charge in [0.2, 0.25) is 0 Å². The van der Waals surface area contributed by atoms with E-state index >= 15 is 0 Å². The average molecular weight is 708 g/mol. The van der Waals surface area contributed by atoms with Crippen LogP contribution >= 0.6 is 0 Å². The Morgan fingerprint density at radius 1 is 0.318 bits per heavy atom. The zero-order chi connectivity index (χ0) is 36.7. The summed E-state index contributed by atoms with van der Waals surface area (Å²) in [5.74, 6) is 0. The van der Waals surface area contributed by atoms with Crippen molar-refractivity contribution in [2.24, 2.45) is 3.46 Å². The number of hydrogen-bond donors (Lipinski definition) is 0. The van der Waals surface area contributed by atoms with Crippen LogP contribution < -0.4 is 0 Å². The molecule has 0 saturated carbocycles. The minimum Gasteiger partial charge on any atom is -0.358 e. The van der Waals surface area contributed by atoms with Crippen LogP contribution in [0, 0.1) is 7.43 Å². The summed E-state index contributed by atoms with van der Waals surface area (Å²) >= 11 is 2.51. The molecule has 0 aliphatic carbocycles. The van der Waals surface area contributed by atoms with E-state index in [-0.39, 0.29) is 52.8 Å². The third kappa shape index (κ3) is 10.5. The van der Waals surface area contributed by atoms with E-state index in [0.717, 1.165) is 0 Å². The fourth-order valence-corrected chi connectivity index (χ4v) is 35.9. The first-order chi connectivity index (χ1) is 17.8. The summed E-state index contributed by atoms with van der Waals surface area (Å²) in [5.41, 5.74) is 0. The summed E-state index contributed by atoms with van der Waals surface area (Å²) in [5, 5.41) is 19.7. The fraction of sp³-hybridized carbons (Fsp3) is 0.973. The molecule has 0 heterocycles. The van der Waals surface area contributed by atoms with Crippen molar-refractivity contribution in [1.82, 2.24) is 0 Å².